The van der Waals surface area contributed by atoms with Crippen LogP contribution in [0.15, 0.2) is 35.2 Å². The van der Waals surface area contributed by atoms with E-state index in [0.717, 1.165) is 0 Å². The fourth-order valence-corrected chi connectivity index (χ4v) is 1.31. The van der Waals surface area contributed by atoms with E-state index in [1.165, 1.54) is 6.26 Å². The summed E-state index contributed by atoms with van der Waals surface area (Å²) in [6, 6.07) is 5.03. The number of aromatic nitrogens is 2. The van der Waals surface area contributed by atoms with Crippen LogP contribution in [0.25, 0.3) is 0 Å². The van der Waals surface area contributed by atoms with Crippen molar-refractivity contribution < 1.29 is 9.32 Å². The number of hydrogen-bond acceptors (Lipinski definition) is 5. The van der Waals surface area contributed by atoms with Gasteiger partial charge in [-0.25, -0.2) is 4.98 Å². The van der Waals surface area contributed by atoms with Crippen molar-refractivity contribution in [1.82, 2.24) is 15.5 Å². The van der Waals surface area contributed by atoms with Gasteiger partial charge in [0.2, 0.25) is 0 Å². The molecule has 2 N–H and O–H groups in total. The van der Waals surface area contributed by atoms with Gasteiger partial charge in [-0.3, -0.25) is 4.79 Å². The number of carbonyl (C=O) groups is 1. The van der Waals surface area contributed by atoms with Crippen molar-refractivity contribution in [2.75, 3.05) is 12.4 Å². The van der Waals surface area contributed by atoms with E-state index in [2.05, 4.69) is 25.3 Å². The van der Waals surface area contributed by atoms with Crippen LogP contribution in [0.2, 0.25) is 0 Å². The van der Waals surface area contributed by atoms with Crippen molar-refractivity contribution in [3.8, 4) is 0 Å². The molecule has 0 aliphatic rings. The Kier molecular flexibility index (Phi) is 3.34. The van der Waals surface area contributed by atoms with Crippen LogP contribution < -0.4 is 10.6 Å². The highest BCUT2D eigenvalue weighted by Crippen LogP contribution is 2.06. The Morgan fingerprint density at radius 3 is 3.06 bits per heavy atom. The van der Waals surface area contributed by atoms with Crippen LogP contribution in [0.3, 0.4) is 0 Å². The summed E-state index contributed by atoms with van der Waals surface area (Å²) in [6.07, 6.45) is 3.05. The van der Waals surface area contributed by atoms with Gasteiger partial charge in [-0.1, -0.05) is 5.16 Å². The summed E-state index contributed by atoms with van der Waals surface area (Å²) < 4.78 is 4.67. The quantitative estimate of drug-likeness (QED) is 0.823. The lowest BCUT2D eigenvalue weighted by Crippen LogP contribution is -2.23. The van der Waals surface area contributed by atoms with E-state index in [1.54, 1.807) is 31.4 Å². The van der Waals surface area contributed by atoms with E-state index >= 15 is 0 Å². The van der Waals surface area contributed by atoms with Crippen LogP contribution >= 0.6 is 0 Å². The smallest absolute Gasteiger partial charge is 0.251 e. The van der Waals surface area contributed by atoms with Gasteiger partial charge < -0.3 is 15.2 Å². The summed E-state index contributed by atoms with van der Waals surface area (Å²) >= 11 is 0. The average Bonchev–Trinajstić information content (AvgIpc) is 2.89. The fraction of sp³-hybridized carbons (Fsp3) is 0.182. The number of anilines is 1. The largest absolute Gasteiger partial charge is 0.373 e. The molecule has 2 rings (SSSR count). The summed E-state index contributed by atoms with van der Waals surface area (Å²) in [7, 11) is 1.75. The topological polar surface area (TPSA) is 80.0 Å². The van der Waals surface area contributed by atoms with Crippen LogP contribution in [-0.4, -0.2) is 23.1 Å². The molecule has 0 radical (unpaired) electrons. The third-order valence-corrected chi connectivity index (χ3v) is 2.20. The second kappa shape index (κ2) is 5.11. The van der Waals surface area contributed by atoms with Crippen molar-refractivity contribution in [2.45, 2.75) is 6.54 Å². The summed E-state index contributed by atoms with van der Waals surface area (Å²) in [5.74, 6) is 0.478. The normalized spacial score (nSPS) is 9.94. The molecule has 2 heterocycles. The maximum absolute atomic E-state index is 11.8. The van der Waals surface area contributed by atoms with Gasteiger partial charge in [-0.2, -0.15) is 0 Å². The second-order valence-corrected chi connectivity index (χ2v) is 3.35. The summed E-state index contributed by atoms with van der Waals surface area (Å²) in [5.41, 5.74) is 1.23. The molecular weight excluding hydrogens is 220 g/mol. The zero-order valence-corrected chi connectivity index (χ0v) is 9.30. The lowest BCUT2D eigenvalue weighted by Gasteiger charge is -2.04. The molecule has 0 spiro atoms. The number of amides is 1. The lowest BCUT2D eigenvalue weighted by atomic mass is 10.2. The monoisotopic (exact) mass is 232 g/mol. The Morgan fingerprint density at radius 2 is 2.35 bits per heavy atom. The Balaban J connectivity index is 1.99. The second-order valence-electron chi connectivity index (χ2n) is 3.35. The van der Waals surface area contributed by atoms with Crippen LogP contribution in [0, 0.1) is 0 Å². The van der Waals surface area contributed by atoms with Gasteiger partial charge in [-0.15, -0.1) is 0 Å². The number of nitrogens with one attached hydrogen (secondary N) is 2. The third-order valence-electron chi connectivity index (χ3n) is 2.20. The molecule has 0 atom stereocenters. The Hall–Kier alpha value is -2.37. The van der Waals surface area contributed by atoms with Crippen molar-refractivity contribution in [1.29, 1.82) is 0 Å². The van der Waals surface area contributed by atoms with Gasteiger partial charge in [0.1, 0.15) is 17.8 Å². The van der Waals surface area contributed by atoms with E-state index in [1.807, 2.05) is 0 Å². The van der Waals surface area contributed by atoms with Gasteiger partial charge in [0.15, 0.2) is 0 Å². The number of nitrogens with zero attached hydrogens (tertiary/aromatic N) is 2. The summed E-state index contributed by atoms with van der Waals surface area (Å²) in [5, 5.41) is 9.31. The van der Waals surface area contributed by atoms with E-state index in [4.69, 9.17) is 0 Å². The van der Waals surface area contributed by atoms with Crippen LogP contribution in [0.1, 0.15) is 16.1 Å². The molecule has 6 nitrogen and oxygen atoms in total. The fourth-order valence-electron chi connectivity index (χ4n) is 1.31. The predicted octanol–water partition coefficient (Wildman–Crippen LogP) is 1.04. The van der Waals surface area contributed by atoms with E-state index < -0.39 is 0 Å². The molecule has 0 bridgehead atoms. The highest BCUT2D eigenvalue weighted by atomic mass is 16.5. The SMILES string of the molecule is CNc1cc(C(=O)NCc2ccon2)ccn1. The first-order chi connectivity index (χ1) is 8.29. The highest BCUT2D eigenvalue weighted by Gasteiger charge is 2.06. The van der Waals surface area contributed by atoms with E-state index in [0.29, 0.717) is 23.6 Å². The van der Waals surface area contributed by atoms with Gasteiger partial charge >= 0.3 is 0 Å². The third kappa shape index (κ3) is 2.81. The first-order valence-electron chi connectivity index (χ1n) is 5.11. The summed E-state index contributed by atoms with van der Waals surface area (Å²) in [6.45, 7) is 0.340. The number of pyridine rings is 1. The molecule has 0 aromatic carbocycles. The number of hydrogen-bond donors (Lipinski definition) is 2. The van der Waals surface area contributed by atoms with Gasteiger partial charge in [-0.05, 0) is 12.1 Å². The lowest BCUT2D eigenvalue weighted by molar-refractivity contribution is 0.0950. The minimum Gasteiger partial charge on any atom is -0.373 e. The molecule has 0 saturated heterocycles. The molecule has 0 unspecified atom stereocenters. The van der Waals surface area contributed by atoms with Crippen molar-refractivity contribution in [2.24, 2.45) is 0 Å². The zero-order chi connectivity index (χ0) is 12.1. The van der Waals surface area contributed by atoms with E-state index in [9.17, 15) is 4.79 Å². The predicted molar refractivity (Wildman–Crippen MR) is 61.5 cm³/mol. The molecule has 88 valence electrons. The maximum atomic E-state index is 11.8. The molecule has 0 aliphatic carbocycles. The highest BCUT2D eigenvalue weighted by molar-refractivity contribution is 5.94. The van der Waals surface area contributed by atoms with Gasteiger partial charge in [0.25, 0.3) is 5.91 Å². The standard InChI is InChI=1S/C11H12N4O2/c1-12-10-6-8(2-4-13-10)11(16)14-7-9-3-5-17-15-9/h2-6H,7H2,1H3,(H,12,13)(H,14,16). The molecule has 1 amide bonds. The maximum Gasteiger partial charge on any atom is 0.251 e. The summed E-state index contributed by atoms with van der Waals surface area (Å²) in [4.78, 5) is 15.8. The van der Waals surface area contributed by atoms with Crippen LogP contribution in [0.5, 0.6) is 0 Å². The molecule has 2 aromatic heterocycles. The van der Waals surface area contributed by atoms with Crippen molar-refractivity contribution in [3.05, 3.63) is 41.9 Å². The average molecular weight is 232 g/mol. The molecule has 17 heavy (non-hydrogen) atoms. The molecule has 2 aromatic rings. The van der Waals surface area contributed by atoms with E-state index in [-0.39, 0.29) is 5.91 Å². The Bertz CT molecular complexity index is 496. The van der Waals surface area contributed by atoms with Crippen molar-refractivity contribution in [3.63, 3.8) is 0 Å². The number of carbonyl (C=O) groups excluding carboxylic acids is 1. The van der Waals surface area contributed by atoms with Crippen LogP contribution in [0.4, 0.5) is 5.82 Å². The molecule has 0 aliphatic heterocycles. The van der Waals surface area contributed by atoms with Crippen molar-refractivity contribution >= 4 is 11.7 Å². The molecule has 0 saturated carbocycles. The van der Waals surface area contributed by atoms with Gasteiger partial charge in [0, 0.05) is 24.9 Å². The molecule has 0 fully saturated rings. The first-order valence-corrected chi connectivity index (χ1v) is 5.11. The van der Waals surface area contributed by atoms with Gasteiger partial charge in [0.05, 0.1) is 6.54 Å². The number of rotatable bonds is 4. The van der Waals surface area contributed by atoms with Crippen LogP contribution in [-0.2, 0) is 6.54 Å². The Labute approximate surface area is 98.0 Å². The molecule has 6 heteroatoms. The first kappa shape index (κ1) is 11.1. The minimum atomic E-state index is -0.174. The molecular formula is C11H12N4O2. The Morgan fingerprint density at radius 1 is 1.47 bits per heavy atom. The minimum absolute atomic E-state index is 0.174. The zero-order valence-electron chi connectivity index (χ0n) is 9.30.